The number of rotatable bonds is 6. The number of hydrogen-bond acceptors (Lipinski definition) is 7. The Balaban J connectivity index is 1.16. The maximum atomic E-state index is 13.0. The zero-order valence-corrected chi connectivity index (χ0v) is 19.8. The molecule has 0 atom stereocenters. The highest BCUT2D eigenvalue weighted by Gasteiger charge is 2.23. The molecule has 0 bridgehead atoms. The Morgan fingerprint density at radius 2 is 1.63 bits per heavy atom. The summed E-state index contributed by atoms with van der Waals surface area (Å²) in [5.41, 5.74) is 1.47. The molecular weight excluding hydrogens is 442 g/mol. The Labute approximate surface area is 204 Å². The summed E-state index contributed by atoms with van der Waals surface area (Å²) < 4.78 is 11.1. The van der Waals surface area contributed by atoms with E-state index >= 15 is 0 Å². The number of carbonyl (C=O) groups is 1. The monoisotopic (exact) mass is 469 g/mol. The van der Waals surface area contributed by atoms with Gasteiger partial charge in [-0.2, -0.15) is 4.98 Å². The van der Waals surface area contributed by atoms with Crippen molar-refractivity contribution in [3.63, 3.8) is 0 Å². The number of amides is 1. The molecule has 1 aliphatic heterocycles. The lowest BCUT2D eigenvalue weighted by atomic mass is 10.1. The zero-order chi connectivity index (χ0) is 24.2. The number of carbonyl (C=O) groups excluding carboxylic acids is 1. The zero-order valence-electron chi connectivity index (χ0n) is 19.8. The van der Waals surface area contributed by atoms with E-state index in [1.165, 1.54) is 0 Å². The summed E-state index contributed by atoms with van der Waals surface area (Å²) in [4.78, 5) is 26.1. The van der Waals surface area contributed by atoms with Gasteiger partial charge in [0.1, 0.15) is 17.3 Å². The maximum Gasteiger partial charge on any atom is 0.253 e. The lowest BCUT2D eigenvalue weighted by molar-refractivity contribution is 0.0746. The minimum Gasteiger partial charge on any atom is -0.457 e. The summed E-state index contributed by atoms with van der Waals surface area (Å²) in [6.07, 6.45) is 1.76. The molecular formula is C27H27N5O3. The average Bonchev–Trinajstić information content (AvgIpc) is 3.41. The number of nitrogens with zero attached hydrogens (tertiary/aromatic N) is 5. The first-order valence-electron chi connectivity index (χ1n) is 11.7. The predicted octanol–water partition coefficient (Wildman–Crippen LogP) is 5.01. The van der Waals surface area contributed by atoms with E-state index in [2.05, 4.69) is 20.0 Å². The number of pyridine rings is 1. The van der Waals surface area contributed by atoms with E-state index in [4.69, 9.17) is 9.26 Å². The highest BCUT2D eigenvalue weighted by atomic mass is 16.5. The molecule has 2 aromatic carbocycles. The van der Waals surface area contributed by atoms with Crippen LogP contribution in [0, 0.1) is 0 Å². The molecule has 0 unspecified atom stereocenters. The molecule has 0 radical (unpaired) electrons. The third kappa shape index (κ3) is 5.16. The van der Waals surface area contributed by atoms with Gasteiger partial charge in [0.15, 0.2) is 0 Å². The van der Waals surface area contributed by atoms with Crippen molar-refractivity contribution in [2.75, 3.05) is 31.1 Å². The summed E-state index contributed by atoms with van der Waals surface area (Å²) in [5.74, 6) is 3.71. The SMILES string of the molecule is CC(C)c1nc(-c2ccc(N3CCN(C(=O)c4ccc(Oc5ccccc5)cc4)CC3)nc2)no1. The van der Waals surface area contributed by atoms with Crippen LogP contribution in [0.25, 0.3) is 11.4 Å². The third-order valence-electron chi connectivity index (χ3n) is 5.91. The second kappa shape index (κ2) is 9.97. The van der Waals surface area contributed by atoms with E-state index in [-0.39, 0.29) is 11.8 Å². The first kappa shape index (κ1) is 22.6. The van der Waals surface area contributed by atoms with Gasteiger partial charge < -0.3 is 19.1 Å². The van der Waals surface area contributed by atoms with Gasteiger partial charge in [-0.25, -0.2) is 4.98 Å². The van der Waals surface area contributed by atoms with Gasteiger partial charge in [-0.15, -0.1) is 0 Å². The molecule has 0 aliphatic carbocycles. The Bertz CT molecular complexity index is 1260. The van der Waals surface area contributed by atoms with E-state index < -0.39 is 0 Å². The number of piperazine rings is 1. The van der Waals surface area contributed by atoms with Crippen LogP contribution in [0.3, 0.4) is 0 Å². The van der Waals surface area contributed by atoms with Gasteiger partial charge in [0.25, 0.3) is 5.91 Å². The number of aromatic nitrogens is 3. The summed E-state index contributed by atoms with van der Waals surface area (Å²) >= 11 is 0. The molecule has 8 heteroatoms. The van der Waals surface area contributed by atoms with Crippen LogP contribution in [0.1, 0.15) is 36.0 Å². The molecule has 1 aliphatic rings. The smallest absolute Gasteiger partial charge is 0.253 e. The minimum absolute atomic E-state index is 0.0253. The molecule has 3 heterocycles. The van der Waals surface area contributed by atoms with Crippen LogP contribution < -0.4 is 9.64 Å². The fraction of sp³-hybridized carbons (Fsp3) is 0.259. The van der Waals surface area contributed by atoms with Crippen molar-refractivity contribution >= 4 is 11.7 Å². The largest absolute Gasteiger partial charge is 0.457 e. The van der Waals surface area contributed by atoms with E-state index in [0.717, 1.165) is 17.1 Å². The van der Waals surface area contributed by atoms with Gasteiger partial charge in [0.05, 0.1) is 0 Å². The minimum atomic E-state index is 0.0253. The van der Waals surface area contributed by atoms with Crippen molar-refractivity contribution in [3.8, 4) is 22.9 Å². The Kier molecular flexibility index (Phi) is 6.43. The van der Waals surface area contributed by atoms with Gasteiger partial charge in [0, 0.05) is 49.4 Å². The lowest BCUT2D eigenvalue weighted by Gasteiger charge is -2.35. The van der Waals surface area contributed by atoms with Gasteiger partial charge in [-0.05, 0) is 48.5 Å². The number of hydrogen-bond donors (Lipinski definition) is 0. The van der Waals surface area contributed by atoms with Gasteiger partial charge >= 0.3 is 0 Å². The van der Waals surface area contributed by atoms with E-state index in [1.807, 2.05) is 85.5 Å². The van der Waals surface area contributed by atoms with Crippen molar-refractivity contribution in [1.29, 1.82) is 0 Å². The average molecular weight is 470 g/mol. The van der Waals surface area contributed by atoms with E-state index in [0.29, 0.717) is 49.2 Å². The summed E-state index contributed by atoms with van der Waals surface area (Å²) in [6.45, 7) is 6.72. The van der Waals surface area contributed by atoms with E-state index in [1.54, 1.807) is 6.20 Å². The second-order valence-electron chi connectivity index (χ2n) is 8.73. The highest BCUT2D eigenvalue weighted by molar-refractivity contribution is 5.94. The number of anilines is 1. The number of benzene rings is 2. The molecule has 8 nitrogen and oxygen atoms in total. The molecule has 1 amide bonds. The Morgan fingerprint density at radius 3 is 2.26 bits per heavy atom. The molecule has 0 spiro atoms. The lowest BCUT2D eigenvalue weighted by Crippen LogP contribution is -2.49. The van der Waals surface area contributed by atoms with Crippen LogP contribution in [0.15, 0.2) is 77.4 Å². The van der Waals surface area contributed by atoms with Crippen molar-refractivity contribution in [2.45, 2.75) is 19.8 Å². The van der Waals surface area contributed by atoms with Crippen LogP contribution >= 0.6 is 0 Å². The third-order valence-corrected chi connectivity index (χ3v) is 5.91. The van der Waals surface area contributed by atoms with E-state index in [9.17, 15) is 4.79 Å². The molecule has 1 saturated heterocycles. The van der Waals surface area contributed by atoms with Crippen LogP contribution in [-0.2, 0) is 0 Å². The fourth-order valence-electron chi connectivity index (χ4n) is 3.90. The predicted molar refractivity (Wildman–Crippen MR) is 133 cm³/mol. The van der Waals surface area contributed by atoms with Crippen molar-refractivity contribution in [1.82, 2.24) is 20.0 Å². The molecule has 0 saturated carbocycles. The van der Waals surface area contributed by atoms with Gasteiger partial charge in [0.2, 0.25) is 11.7 Å². The van der Waals surface area contributed by atoms with Crippen LogP contribution in [-0.4, -0.2) is 52.1 Å². The van der Waals surface area contributed by atoms with Crippen LogP contribution in [0.4, 0.5) is 5.82 Å². The standard InChI is InChI=1S/C27H27N5O3/c1-19(2)26-29-25(30-35-26)21-10-13-24(28-18-21)31-14-16-32(17-15-31)27(33)20-8-11-23(12-9-20)34-22-6-4-3-5-7-22/h3-13,18-19H,14-17H2,1-2H3. The molecule has 178 valence electrons. The molecule has 1 fully saturated rings. The normalized spacial score (nSPS) is 13.8. The van der Waals surface area contributed by atoms with Gasteiger partial charge in [-0.1, -0.05) is 37.2 Å². The molecule has 35 heavy (non-hydrogen) atoms. The fourth-order valence-corrected chi connectivity index (χ4v) is 3.90. The van der Waals surface area contributed by atoms with Gasteiger partial charge in [-0.3, -0.25) is 4.79 Å². The van der Waals surface area contributed by atoms with Crippen LogP contribution in [0.2, 0.25) is 0 Å². The van der Waals surface area contributed by atoms with Crippen molar-refractivity contribution in [2.24, 2.45) is 0 Å². The molecule has 4 aromatic rings. The maximum absolute atomic E-state index is 13.0. The summed E-state index contributed by atoms with van der Waals surface area (Å²) in [7, 11) is 0. The number of ether oxygens (including phenoxy) is 1. The molecule has 5 rings (SSSR count). The summed E-state index contributed by atoms with van der Waals surface area (Å²) in [6, 6.07) is 20.8. The molecule has 0 N–H and O–H groups in total. The second-order valence-corrected chi connectivity index (χ2v) is 8.73. The topological polar surface area (TPSA) is 84.6 Å². The molecule has 2 aromatic heterocycles. The Hall–Kier alpha value is -4.20. The van der Waals surface area contributed by atoms with Crippen molar-refractivity contribution < 1.29 is 14.1 Å². The van der Waals surface area contributed by atoms with Crippen LogP contribution in [0.5, 0.6) is 11.5 Å². The first-order valence-corrected chi connectivity index (χ1v) is 11.7. The highest BCUT2D eigenvalue weighted by Crippen LogP contribution is 2.24. The van der Waals surface area contributed by atoms with Crippen molar-refractivity contribution in [3.05, 3.63) is 84.4 Å². The summed E-state index contributed by atoms with van der Waals surface area (Å²) in [5, 5.41) is 4.04. The number of para-hydroxylation sites is 1. The first-order chi connectivity index (χ1) is 17.1. The quantitative estimate of drug-likeness (QED) is 0.392. The Morgan fingerprint density at radius 1 is 0.914 bits per heavy atom.